The Kier molecular flexibility index (Phi) is 4.58. The number of ether oxygens (including phenoxy) is 1. The normalized spacial score (nSPS) is 23.5. The van der Waals surface area contributed by atoms with Crippen LogP contribution in [0.4, 0.5) is 4.39 Å². The Hall–Kier alpha value is -1.95. The van der Waals surface area contributed by atoms with Crippen LogP contribution in [-0.4, -0.2) is 41.6 Å². The van der Waals surface area contributed by atoms with Crippen LogP contribution in [0.15, 0.2) is 18.2 Å². The van der Waals surface area contributed by atoms with Crippen LogP contribution in [0.2, 0.25) is 0 Å². The average Bonchev–Trinajstić information content (AvgIpc) is 3.28. The van der Waals surface area contributed by atoms with Gasteiger partial charge >= 0.3 is 5.97 Å². The second-order valence-electron chi connectivity index (χ2n) is 7.11. The highest BCUT2D eigenvalue weighted by atomic mass is 19.1. The third-order valence-corrected chi connectivity index (χ3v) is 4.88. The standard InChI is InChI=1S/C18H22FNO4/c1-18(17(22)23)6-7-20(11-18)16(21)13-4-5-15(19)14(8-13)10-24-9-12-2-3-12/h4-5,8,12H,2-3,6-7,9-11H2,1H3,(H,22,23)/t18-/m1/s1. The van der Waals surface area contributed by atoms with E-state index in [2.05, 4.69) is 0 Å². The van der Waals surface area contributed by atoms with E-state index >= 15 is 0 Å². The molecule has 0 unspecified atom stereocenters. The zero-order valence-electron chi connectivity index (χ0n) is 13.8. The fourth-order valence-electron chi connectivity index (χ4n) is 2.93. The molecule has 1 saturated heterocycles. The van der Waals surface area contributed by atoms with Gasteiger partial charge in [0.2, 0.25) is 0 Å². The monoisotopic (exact) mass is 335 g/mol. The smallest absolute Gasteiger partial charge is 0.311 e. The van der Waals surface area contributed by atoms with E-state index in [4.69, 9.17) is 4.74 Å². The number of carboxylic acids is 1. The lowest BCUT2D eigenvalue weighted by Gasteiger charge is -2.20. The van der Waals surface area contributed by atoms with Crippen molar-refractivity contribution in [1.29, 1.82) is 0 Å². The molecule has 3 rings (SSSR count). The van der Waals surface area contributed by atoms with Crippen molar-refractivity contribution in [2.75, 3.05) is 19.7 Å². The minimum Gasteiger partial charge on any atom is -0.481 e. The van der Waals surface area contributed by atoms with E-state index in [1.165, 1.54) is 23.1 Å². The summed E-state index contributed by atoms with van der Waals surface area (Å²) in [6, 6.07) is 4.23. The molecular formula is C18H22FNO4. The van der Waals surface area contributed by atoms with E-state index in [0.717, 1.165) is 12.8 Å². The molecule has 5 nitrogen and oxygen atoms in total. The predicted octanol–water partition coefficient (Wildman–Crippen LogP) is 2.69. The molecule has 1 aliphatic heterocycles. The summed E-state index contributed by atoms with van der Waals surface area (Å²) in [7, 11) is 0. The Morgan fingerprint density at radius 2 is 2.17 bits per heavy atom. The van der Waals surface area contributed by atoms with Gasteiger partial charge in [-0.05, 0) is 50.3 Å². The number of benzene rings is 1. The fourth-order valence-corrected chi connectivity index (χ4v) is 2.93. The summed E-state index contributed by atoms with van der Waals surface area (Å²) in [5.74, 6) is -0.954. The molecule has 1 aliphatic carbocycles. The number of nitrogens with zero attached hydrogens (tertiary/aromatic N) is 1. The number of rotatable bonds is 6. The van der Waals surface area contributed by atoms with Gasteiger partial charge in [0.1, 0.15) is 5.82 Å². The largest absolute Gasteiger partial charge is 0.481 e. The van der Waals surface area contributed by atoms with Crippen molar-refractivity contribution < 1.29 is 23.8 Å². The van der Waals surface area contributed by atoms with Gasteiger partial charge in [0.25, 0.3) is 5.91 Å². The summed E-state index contributed by atoms with van der Waals surface area (Å²) >= 11 is 0. The molecule has 6 heteroatoms. The molecule has 0 aromatic heterocycles. The van der Waals surface area contributed by atoms with E-state index in [9.17, 15) is 19.1 Å². The Morgan fingerprint density at radius 3 is 2.79 bits per heavy atom. The van der Waals surface area contributed by atoms with Gasteiger partial charge in [0.05, 0.1) is 12.0 Å². The van der Waals surface area contributed by atoms with Crippen molar-refractivity contribution in [1.82, 2.24) is 4.90 Å². The Balaban J connectivity index is 1.67. The Labute approximate surface area is 140 Å². The van der Waals surface area contributed by atoms with E-state index in [-0.39, 0.29) is 24.9 Å². The van der Waals surface area contributed by atoms with Gasteiger partial charge in [0.15, 0.2) is 0 Å². The fraction of sp³-hybridized carbons (Fsp3) is 0.556. The molecule has 130 valence electrons. The molecule has 1 N–H and O–H groups in total. The first kappa shape index (κ1) is 16.9. The van der Waals surface area contributed by atoms with Crippen LogP contribution in [0, 0.1) is 17.2 Å². The number of carboxylic acid groups (broad SMARTS) is 1. The summed E-state index contributed by atoms with van der Waals surface area (Å²) in [4.78, 5) is 25.4. The maximum Gasteiger partial charge on any atom is 0.311 e. The number of amides is 1. The van der Waals surface area contributed by atoms with E-state index in [1.54, 1.807) is 6.92 Å². The van der Waals surface area contributed by atoms with Crippen LogP contribution in [0.5, 0.6) is 0 Å². The van der Waals surface area contributed by atoms with Crippen LogP contribution in [-0.2, 0) is 16.1 Å². The number of halogens is 1. The SMILES string of the molecule is C[C@@]1(C(=O)O)CCN(C(=O)c2ccc(F)c(COCC3CC3)c2)C1. The lowest BCUT2D eigenvalue weighted by molar-refractivity contribution is -0.147. The molecule has 1 amide bonds. The first-order chi connectivity index (χ1) is 11.4. The van der Waals surface area contributed by atoms with Crippen molar-refractivity contribution >= 4 is 11.9 Å². The van der Waals surface area contributed by atoms with Gasteiger partial charge in [-0.2, -0.15) is 0 Å². The number of carbonyl (C=O) groups is 2. The van der Waals surface area contributed by atoms with Gasteiger partial charge < -0.3 is 14.7 Å². The lowest BCUT2D eigenvalue weighted by atomic mass is 9.90. The zero-order chi connectivity index (χ0) is 17.3. The highest BCUT2D eigenvalue weighted by molar-refractivity contribution is 5.95. The molecule has 0 spiro atoms. The molecule has 1 aromatic carbocycles. The number of hydrogen-bond acceptors (Lipinski definition) is 3. The van der Waals surface area contributed by atoms with Crippen LogP contribution < -0.4 is 0 Å². The highest BCUT2D eigenvalue weighted by Crippen LogP contribution is 2.31. The van der Waals surface area contributed by atoms with Crippen LogP contribution >= 0.6 is 0 Å². The predicted molar refractivity (Wildman–Crippen MR) is 85.0 cm³/mol. The molecule has 24 heavy (non-hydrogen) atoms. The molecule has 2 fully saturated rings. The third-order valence-electron chi connectivity index (χ3n) is 4.88. The van der Waals surface area contributed by atoms with E-state index < -0.39 is 11.4 Å². The quantitative estimate of drug-likeness (QED) is 0.868. The van der Waals surface area contributed by atoms with Crippen molar-refractivity contribution in [3.05, 3.63) is 35.1 Å². The summed E-state index contributed by atoms with van der Waals surface area (Å²) in [6.07, 6.45) is 2.75. The molecule has 1 saturated carbocycles. The van der Waals surface area contributed by atoms with Crippen molar-refractivity contribution in [2.45, 2.75) is 32.8 Å². The van der Waals surface area contributed by atoms with Gasteiger partial charge in [0, 0.05) is 30.8 Å². The first-order valence-corrected chi connectivity index (χ1v) is 8.28. The summed E-state index contributed by atoms with van der Waals surface area (Å²) in [5, 5.41) is 9.27. The van der Waals surface area contributed by atoms with E-state index in [1.807, 2.05) is 0 Å². The number of carbonyl (C=O) groups excluding carboxylic acids is 1. The molecule has 2 aliphatic rings. The number of likely N-dealkylation sites (tertiary alicyclic amines) is 1. The second-order valence-corrected chi connectivity index (χ2v) is 7.11. The Bertz CT molecular complexity index is 658. The van der Waals surface area contributed by atoms with Crippen molar-refractivity contribution in [3.8, 4) is 0 Å². The number of aliphatic carboxylic acids is 1. The maximum atomic E-state index is 13.9. The van der Waals surface area contributed by atoms with Gasteiger partial charge in [-0.15, -0.1) is 0 Å². The topological polar surface area (TPSA) is 66.8 Å². The minimum absolute atomic E-state index is 0.149. The summed E-state index contributed by atoms with van der Waals surface area (Å²) in [6.45, 7) is 2.99. The first-order valence-electron chi connectivity index (χ1n) is 8.28. The van der Waals surface area contributed by atoms with Crippen LogP contribution in [0.25, 0.3) is 0 Å². The Morgan fingerprint density at radius 1 is 1.42 bits per heavy atom. The van der Waals surface area contributed by atoms with Gasteiger partial charge in [-0.1, -0.05) is 0 Å². The highest BCUT2D eigenvalue weighted by Gasteiger charge is 2.42. The lowest BCUT2D eigenvalue weighted by Crippen LogP contribution is -2.34. The zero-order valence-corrected chi connectivity index (χ0v) is 13.8. The second kappa shape index (κ2) is 6.51. The molecule has 1 atom stereocenters. The molecule has 0 bridgehead atoms. The third kappa shape index (κ3) is 3.59. The molecule has 1 aromatic rings. The summed E-state index contributed by atoms with van der Waals surface area (Å²) < 4.78 is 19.4. The summed E-state index contributed by atoms with van der Waals surface area (Å²) in [5.41, 5.74) is -0.177. The van der Waals surface area contributed by atoms with Gasteiger partial charge in [-0.25, -0.2) is 4.39 Å². The molecular weight excluding hydrogens is 313 g/mol. The molecule has 1 heterocycles. The van der Waals surface area contributed by atoms with Crippen LogP contribution in [0.3, 0.4) is 0 Å². The van der Waals surface area contributed by atoms with Crippen molar-refractivity contribution in [2.24, 2.45) is 11.3 Å². The maximum absolute atomic E-state index is 13.9. The minimum atomic E-state index is -0.911. The number of hydrogen-bond donors (Lipinski definition) is 1. The van der Waals surface area contributed by atoms with Crippen molar-refractivity contribution in [3.63, 3.8) is 0 Å². The van der Waals surface area contributed by atoms with Gasteiger partial charge in [-0.3, -0.25) is 9.59 Å². The molecule has 0 radical (unpaired) electrons. The van der Waals surface area contributed by atoms with E-state index in [0.29, 0.717) is 36.6 Å². The van der Waals surface area contributed by atoms with Crippen LogP contribution in [0.1, 0.15) is 42.1 Å². The average molecular weight is 335 g/mol.